The molecule has 1 atom stereocenters. The molecule has 0 saturated carbocycles. The molecule has 28 heavy (non-hydrogen) atoms. The number of anilines is 1. The predicted octanol–water partition coefficient (Wildman–Crippen LogP) is 3.98. The molecule has 0 radical (unpaired) electrons. The zero-order valence-electron chi connectivity index (χ0n) is 17.0. The van der Waals surface area contributed by atoms with E-state index in [1.807, 2.05) is 25.1 Å². The molecule has 0 unspecified atom stereocenters. The molecule has 0 saturated heterocycles. The topological polar surface area (TPSA) is 63.7 Å². The Bertz CT molecular complexity index is 988. The number of methoxy groups -OCH3 is 1. The third-order valence-corrected chi connectivity index (χ3v) is 7.01. The van der Waals surface area contributed by atoms with Crippen LogP contribution < -0.4 is 4.31 Å². The predicted molar refractivity (Wildman–Crippen MR) is 110 cm³/mol. The number of hydrogen-bond acceptors (Lipinski definition) is 4. The van der Waals surface area contributed by atoms with E-state index in [2.05, 4.69) is 20.8 Å². The van der Waals surface area contributed by atoms with E-state index in [1.54, 1.807) is 24.3 Å². The van der Waals surface area contributed by atoms with Crippen LogP contribution in [0.5, 0.6) is 0 Å². The van der Waals surface area contributed by atoms with Gasteiger partial charge in [-0.15, -0.1) is 0 Å². The van der Waals surface area contributed by atoms with Gasteiger partial charge < -0.3 is 4.74 Å². The second-order valence-corrected chi connectivity index (χ2v) is 10.1. The molecule has 6 heteroatoms. The first-order valence-electron chi connectivity index (χ1n) is 9.36. The molecule has 5 nitrogen and oxygen atoms in total. The van der Waals surface area contributed by atoms with Crippen molar-refractivity contribution < 1.29 is 17.9 Å². The molecule has 2 aromatic rings. The molecule has 0 spiro atoms. The van der Waals surface area contributed by atoms with Gasteiger partial charge in [0, 0.05) is 0 Å². The molecule has 1 aliphatic heterocycles. The number of carbonyl (C=O) groups is 1. The lowest BCUT2D eigenvalue weighted by atomic mass is 9.85. The van der Waals surface area contributed by atoms with Crippen molar-refractivity contribution in [3.05, 3.63) is 59.2 Å². The fourth-order valence-corrected chi connectivity index (χ4v) is 5.42. The third-order valence-electron chi connectivity index (χ3n) is 5.14. The first-order valence-corrected chi connectivity index (χ1v) is 10.8. The smallest absolute Gasteiger partial charge is 0.307 e. The van der Waals surface area contributed by atoms with E-state index in [4.69, 9.17) is 4.74 Å². The van der Waals surface area contributed by atoms with Crippen molar-refractivity contribution in [2.75, 3.05) is 11.4 Å². The average Bonchev–Trinajstić information content (AvgIpc) is 2.99. The third kappa shape index (κ3) is 3.65. The molecule has 0 aliphatic carbocycles. The van der Waals surface area contributed by atoms with Crippen LogP contribution in [-0.2, 0) is 31.4 Å². The lowest BCUT2D eigenvalue weighted by Gasteiger charge is -2.31. The van der Waals surface area contributed by atoms with Gasteiger partial charge in [-0.3, -0.25) is 9.10 Å². The van der Waals surface area contributed by atoms with Crippen molar-refractivity contribution in [2.45, 2.75) is 56.9 Å². The molecule has 1 heterocycles. The van der Waals surface area contributed by atoms with E-state index in [0.29, 0.717) is 12.1 Å². The molecule has 0 bridgehead atoms. The number of hydrogen-bond donors (Lipinski definition) is 0. The number of esters is 1. The number of aryl methyl sites for hydroxylation is 1. The molecular weight excluding hydrogens is 374 g/mol. The highest BCUT2D eigenvalue weighted by molar-refractivity contribution is 7.92. The van der Waals surface area contributed by atoms with Gasteiger partial charge in [-0.05, 0) is 42.0 Å². The van der Waals surface area contributed by atoms with Gasteiger partial charge in [0.25, 0.3) is 10.0 Å². The summed E-state index contributed by atoms with van der Waals surface area (Å²) in [5, 5.41) is 0. The summed E-state index contributed by atoms with van der Waals surface area (Å²) >= 11 is 0. The maximum absolute atomic E-state index is 13.6. The fourth-order valence-electron chi connectivity index (χ4n) is 3.71. The van der Waals surface area contributed by atoms with Crippen LogP contribution >= 0.6 is 0 Å². The molecule has 150 valence electrons. The second-order valence-electron chi connectivity index (χ2n) is 8.32. The van der Waals surface area contributed by atoms with Crippen molar-refractivity contribution >= 4 is 21.7 Å². The SMILES string of the molecule is COC(=O)C[C@@H]1Cc2cccc(C(C)(C)C)c2N1S(=O)(=O)c1ccc(C)cc1. The zero-order valence-corrected chi connectivity index (χ0v) is 17.8. The van der Waals surface area contributed by atoms with Crippen LogP contribution in [0, 0.1) is 6.92 Å². The minimum Gasteiger partial charge on any atom is -0.469 e. The van der Waals surface area contributed by atoms with Gasteiger partial charge in [0.1, 0.15) is 0 Å². The summed E-state index contributed by atoms with van der Waals surface area (Å²) in [4.78, 5) is 12.2. The summed E-state index contributed by atoms with van der Waals surface area (Å²) in [5.41, 5.74) is 3.34. The Kier molecular flexibility index (Phi) is 5.28. The van der Waals surface area contributed by atoms with Gasteiger partial charge in [-0.2, -0.15) is 0 Å². The van der Waals surface area contributed by atoms with E-state index in [-0.39, 0.29) is 16.7 Å². The number of benzene rings is 2. The lowest BCUT2D eigenvalue weighted by Crippen LogP contribution is -2.40. The summed E-state index contributed by atoms with van der Waals surface area (Å²) < 4.78 is 33.6. The van der Waals surface area contributed by atoms with Crippen molar-refractivity contribution in [2.24, 2.45) is 0 Å². The zero-order chi connectivity index (χ0) is 20.7. The molecule has 0 N–H and O–H groups in total. The van der Waals surface area contributed by atoms with E-state index in [9.17, 15) is 13.2 Å². The molecule has 0 aromatic heterocycles. The number of nitrogens with zero attached hydrogens (tertiary/aromatic N) is 1. The lowest BCUT2D eigenvalue weighted by molar-refractivity contribution is -0.140. The van der Waals surface area contributed by atoms with Crippen LogP contribution in [0.1, 0.15) is 43.9 Å². The Morgan fingerprint density at radius 2 is 1.79 bits per heavy atom. The molecule has 0 amide bonds. The Hall–Kier alpha value is -2.34. The fraction of sp³-hybridized carbons (Fsp3) is 0.409. The highest BCUT2D eigenvalue weighted by atomic mass is 32.2. The summed E-state index contributed by atoms with van der Waals surface area (Å²) in [6, 6.07) is 12.2. The Labute approximate surface area is 167 Å². The van der Waals surface area contributed by atoms with Gasteiger partial charge >= 0.3 is 5.97 Å². The number of ether oxygens (including phenoxy) is 1. The number of sulfonamides is 1. The first kappa shape index (κ1) is 20.4. The molecule has 3 rings (SSSR count). The summed E-state index contributed by atoms with van der Waals surface area (Å²) in [5.74, 6) is -0.417. The van der Waals surface area contributed by atoms with Crippen molar-refractivity contribution in [3.8, 4) is 0 Å². The van der Waals surface area contributed by atoms with Gasteiger partial charge in [0.05, 0.1) is 30.2 Å². The van der Waals surface area contributed by atoms with Gasteiger partial charge in [-0.25, -0.2) is 8.42 Å². The van der Waals surface area contributed by atoms with Crippen LogP contribution in [0.4, 0.5) is 5.69 Å². The van der Waals surface area contributed by atoms with E-state index in [1.165, 1.54) is 11.4 Å². The highest BCUT2D eigenvalue weighted by Crippen LogP contribution is 2.44. The van der Waals surface area contributed by atoms with Crippen LogP contribution in [-0.4, -0.2) is 27.5 Å². The van der Waals surface area contributed by atoms with E-state index in [0.717, 1.165) is 16.7 Å². The standard InChI is InChI=1S/C22H27NO4S/c1-15-9-11-18(12-10-15)28(25,26)23-17(14-20(24)27-5)13-16-7-6-8-19(21(16)23)22(2,3)4/h6-12,17H,13-14H2,1-5H3/t17-/m0/s1. The summed E-state index contributed by atoms with van der Waals surface area (Å²) in [6.07, 6.45) is 0.499. The summed E-state index contributed by atoms with van der Waals surface area (Å²) in [6.45, 7) is 8.10. The Balaban J connectivity index is 2.20. The quantitative estimate of drug-likeness (QED) is 0.727. The minimum atomic E-state index is -3.83. The van der Waals surface area contributed by atoms with Crippen molar-refractivity contribution in [1.29, 1.82) is 0 Å². The van der Waals surface area contributed by atoms with E-state index >= 15 is 0 Å². The number of carbonyl (C=O) groups excluding carboxylic acids is 1. The molecule has 1 aliphatic rings. The number of para-hydroxylation sites is 1. The first-order chi connectivity index (χ1) is 13.1. The van der Waals surface area contributed by atoms with Crippen LogP contribution in [0.15, 0.2) is 47.4 Å². The molecular formula is C22H27NO4S. The normalized spacial score (nSPS) is 16.8. The van der Waals surface area contributed by atoms with Crippen LogP contribution in [0.25, 0.3) is 0 Å². The van der Waals surface area contributed by atoms with Gasteiger partial charge in [-0.1, -0.05) is 56.7 Å². The highest BCUT2D eigenvalue weighted by Gasteiger charge is 2.42. The largest absolute Gasteiger partial charge is 0.469 e. The molecule has 2 aromatic carbocycles. The maximum Gasteiger partial charge on any atom is 0.307 e. The average molecular weight is 402 g/mol. The van der Waals surface area contributed by atoms with Gasteiger partial charge in [0.2, 0.25) is 0 Å². The maximum atomic E-state index is 13.6. The second kappa shape index (κ2) is 7.24. The monoisotopic (exact) mass is 401 g/mol. The van der Waals surface area contributed by atoms with Gasteiger partial charge in [0.15, 0.2) is 0 Å². The number of fused-ring (bicyclic) bond motifs is 1. The Morgan fingerprint density at radius 1 is 1.14 bits per heavy atom. The van der Waals surface area contributed by atoms with Crippen LogP contribution in [0.2, 0.25) is 0 Å². The van der Waals surface area contributed by atoms with Crippen molar-refractivity contribution in [1.82, 2.24) is 0 Å². The Morgan fingerprint density at radius 3 is 2.36 bits per heavy atom. The van der Waals surface area contributed by atoms with E-state index < -0.39 is 22.0 Å². The van der Waals surface area contributed by atoms with Crippen molar-refractivity contribution in [3.63, 3.8) is 0 Å². The molecule has 0 fully saturated rings. The van der Waals surface area contributed by atoms with Crippen LogP contribution in [0.3, 0.4) is 0 Å². The summed E-state index contributed by atoms with van der Waals surface area (Å²) in [7, 11) is -2.51. The minimum absolute atomic E-state index is 0.0137. The number of rotatable bonds is 4.